The summed E-state index contributed by atoms with van der Waals surface area (Å²) in [7, 11) is 0. The predicted molar refractivity (Wildman–Crippen MR) is 75.7 cm³/mol. The van der Waals surface area contributed by atoms with Crippen LogP contribution in [0.1, 0.15) is 43.2 Å². The zero-order chi connectivity index (χ0) is 13.2. The summed E-state index contributed by atoms with van der Waals surface area (Å²) in [6.45, 7) is 2.70. The molecule has 100 valence electrons. The first kappa shape index (κ1) is 12.4. The van der Waals surface area contributed by atoms with E-state index >= 15 is 0 Å². The number of carbonyl (C=O) groups excluding carboxylic acids is 1. The van der Waals surface area contributed by atoms with E-state index in [1.807, 2.05) is 12.1 Å². The molecule has 1 aliphatic carbocycles. The van der Waals surface area contributed by atoms with Crippen LogP contribution >= 0.6 is 0 Å². The first-order valence-corrected chi connectivity index (χ1v) is 7.19. The summed E-state index contributed by atoms with van der Waals surface area (Å²) in [5.74, 6) is 0.284. The Hall–Kier alpha value is -1.64. The largest absolute Gasteiger partial charge is 0.272 e. The fraction of sp³-hybridized carbons (Fsp3) is 0.500. The molecule has 0 bridgehead atoms. The average Bonchev–Trinajstić information content (AvgIpc) is 2.60. The number of rotatable bonds is 2. The first-order valence-electron chi connectivity index (χ1n) is 7.19. The van der Waals surface area contributed by atoms with Crippen molar-refractivity contribution in [1.29, 1.82) is 0 Å². The lowest BCUT2D eigenvalue weighted by Crippen LogP contribution is -2.27. The van der Waals surface area contributed by atoms with Crippen molar-refractivity contribution in [2.24, 2.45) is 11.0 Å². The molecule has 3 rings (SSSR count). The highest BCUT2D eigenvalue weighted by Crippen LogP contribution is 2.29. The van der Waals surface area contributed by atoms with Crippen LogP contribution in [0.5, 0.6) is 0 Å². The Balaban J connectivity index is 1.79. The Morgan fingerprint density at radius 3 is 2.95 bits per heavy atom. The van der Waals surface area contributed by atoms with Crippen LogP contribution in [0.4, 0.5) is 0 Å². The molecule has 1 atom stereocenters. The number of hydrazone groups is 1. The van der Waals surface area contributed by atoms with Crippen molar-refractivity contribution >= 4 is 11.6 Å². The molecule has 0 radical (unpaired) electrons. The lowest BCUT2D eigenvalue weighted by Gasteiger charge is -2.15. The lowest BCUT2D eigenvalue weighted by atomic mass is 9.98. The minimum absolute atomic E-state index is 0.0755. The van der Waals surface area contributed by atoms with Gasteiger partial charge in [-0.25, -0.2) is 5.01 Å². The standard InChI is InChI=1S/C16H20N2O/c1-12-7-5-6-8-13(12)11-18-16(19)14-9-3-2-4-10-15(14)17-18/h5-8,14H,2-4,9-11H2,1H3. The maximum atomic E-state index is 12.4. The van der Waals surface area contributed by atoms with Crippen molar-refractivity contribution in [3.63, 3.8) is 0 Å². The second kappa shape index (κ2) is 5.16. The van der Waals surface area contributed by atoms with E-state index in [0.717, 1.165) is 25.0 Å². The van der Waals surface area contributed by atoms with Gasteiger partial charge in [-0.05, 0) is 37.3 Å². The zero-order valence-electron chi connectivity index (χ0n) is 11.4. The SMILES string of the molecule is Cc1ccccc1CN1N=C2CCCCCC2C1=O. The zero-order valence-corrected chi connectivity index (χ0v) is 11.4. The molecule has 2 aliphatic rings. The summed E-state index contributed by atoms with van der Waals surface area (Å²) in [6, 6.07) is 8.21. The molecule has 1 fully saturated rings. The quantitative estimate of drug-likeness (QED) is 0.799. The maximum absolute atomic E-state index is 12.4. The Kier molecular flexibility index (Phi) is 3.36. The van der Waals surface area contributed by atoms with Gasteiger partial charge in [-0.15, -0.1) is 0 Å². The molecule has 19 heavy (non-hydrogen) atoms. The topological polar surface area (TPSA) is 32.7 Å². The molecule has 1 aromatic carbocycles. The minimum Gasteiger partial charge on any atom is -0.272 e. The highest BCUT2D eigenvalue weighted by molar-refractivity contribution is 6.08. The predicted octanol–water partition coefficient (Wildman–Crippen LogP) is 3.27. The van der Waals surface area contributed by atoms with Gasteiger partial charge in [0.1, 0.15) is 0 Å². The minimum atomic E-state index is 0.0755. The number of hydrogen-bond acceptors (Lipinski definition) is 2. The van der Waals surface area contributed by atoms with Crippen molar-refractivity contribution in [2.45, 2.75) is 45.6 Å². The second-order valence-electron chi connectivity index (χ2n) is 5.57. The van der Waals surface area contributed by atoms with Gasteiger partial charge in [0, 0.05) is 0 Å². The molecule has 0 saturated heterocycles. The van der Waals surface area contributed by atoms with Gasteiger partial charge < -0.3 is 0 Å². The molecule has 1 aliphatic heterocycles. The number of carbonyl (C=O) groups is 1. The number of aryl methyl sites for hydroxylation is 1. The van der Waals surface area contributed by atoms with E-state index < -0.39 is 0 Å². The van der Waals surface area contributed by atoms with Gasteiger partial charge in [0.2, 0.25) is 0 Å². The van der Waals surface area contributed by atoms with E-state index in [0.29, 0.717) is 6.54 Å². The molecule has 1 saturated carbocycles. The van der Waals surface area contributed by atoms with E-state index in [1.165, 1.54) is 24.0 Å². The molecule has 1 aromatic rings. The summed E-state index contributed by atoms with van der Waals surface area (Å²) >= 11 is 0. The molecule has 1 unspecified atom stereocenters. The number of benzene rings is 1. The van der Waals surface area contributed by atoms with Crippen LogP contribution in [-0.2, 0) is 11.3 Å². The van der Waals surface area contributed by atoms with Crippen LogP contribution in [-0.4, -0.2) is 16.6 Å². The van der Waals surface area contributed by atoms with Crippen LogP contribution in [0.2, 0.25) is 0 Å². The van der Waals surface area contributed by atoms with Crippen LogP contribution in [0.15, 0.2) is 29.4 Å². The molecule has 0 spiro atoms. The van der Waals surface area contributed by atoms with E-state index in [1.54, 1.807) is 5.01 Å². The van der Waals surface area contributed by atoms with Gasteiger partial charge in [0.05, 0.1) is 18.2 Å². The van der Waals surface area contributed by atoms with Gasteiger partial charge >= 0.3 is 0 Å². The third kappa shape index (κ3) is 2.42. The summed E-state index contributed by atoms with van der Waals surface area (Å²) in [5, 5.41) is 6.28. The summed E-state index contributed by atoms with van der Waals surface area (Å²) in [4.78, 5) is 12.4. The summed E-state index contributed by atoms with van der Waals surface area (Å²) < 4.78 is 0. The Labute approximate surface area is 114 Å². The summed E-state index contributed by atoms with van der Waals surface area (Å²) in [5.41, 5.74) is 3.54. The monoisotopic (exact) mass is 256 g/mol. The van der Waals surface area contributed by atoms with Gasteiger partial charge in [0.15, 0.2) is 0 Å². The molecular formula is C16H20N2O. The van der Waals surface area contributed by atoms with Gasteiger partial charge in [-0.1, -0.05) is 37.1 Å². The highest BCUT2D eigenvalue weighted by atomic mass is 16.2. The van der Waals surface area contributed by atoms with Crippen LogP contribution in [0.25, 0.3) is 0 Å². The van der Waals surface area contributed by atoms with E-state index in [2.05, 4.69) is 24.2 Å². The van der Waals surface area contributed by atoms with Gasteiger partial charge in [-0.2, -0.15) is 5.10 Å². The number of hydrogen-bond donors (Lipinski definition) is 0. The van der Waals surface area contributed by atoms with Crippen molar-refractivity contribution in [3.05, 3.63) is 35.4 Å². The number of fused-ring (bicyclic) bond motifs is 1. The molecular weight excluding hydrogens is 236 g/mol. The van der Waals surface area contributed by atoms with Crippen LogP contribution < -0.4 is 0 Å². The van der Waals surface area contributed by atoms with E-state index in [9.17, 15) is 4.79 Å². The molecule has 1 heterocycles. The molecule has 3 heteroatoms. The fourth-order valence-electron chi connectivity index (χ4n) is 3.00. The Morgan fingerprint density at radius 2 is 2.11 bits per heavy atom. The second-order valence-corrected chi connectivity index (χ2v) is 5.57. The summed E-state index contributed by atoms with van der Waals surface area (Å²) in [6.07, 6.45) is 5.57. The lowest BCUT2D eigenvalue weighted by molar-refractivity contribution is -0.132. The highest BCUT2D eigenvalue weighted by Gasteiger charge is 2.35. The average molecular weight is 256 g/mol. The molecule has 1 amide bonds. The smallest absolute Gasteiger partial charge is 0.251 e. The van der Waals surface area contributed by atoms with Crippen molar-refractivity contribution < 1.29 is 4.79 Å². The molecule has 3 nitrogen and oxygen atoms in total. The Morgan fingerprint density at radius 1 is 1.26 bits per heavy atom. The first-order chi connectivity index (χ1) is 9.25. The number of amides is 1. The fourth-order valence-corrected chi connectivity index (χ4v) is 3.00. The van der Waals surface area contributed by atoms with Crippen LogP contribution in [0, 0.1) is 12.8 Å². The molecule has 0 aromatic heterocycles. The van der Waals surface area contributed by atoms with Crippen molar-refractivity contribution in [3.8, 4) is 0 Å². The van der Waals surface area contributed by atoms with Crippen LogP contribution in [0.3, 0.4) is 0 Å². The number of nitrogens with zero attached hydrogens (tertiary/aromatic N) is 2. The van der Waals surface area contributed by atoms with Gasteiger partial charge in [-0.3, -0.25) is 4.79 Å². The Bertz CT molecular complexity index is 521. The van der Waals surface area contributed by atoms with Crippen molar-refractivity contribution in [2.75, 3.05) is 0 Å². The third-order valence-electron chi connectivity index (χ3n) is 4.21. The van der Waals surface area contributed by atoms with Crippen molar-refractivity contribution in [1.82, 2.24) is 5.01 Å². The third-order valence-corrected chi connectivity index (χ3v) is 4.21. The van der Waals surface area contributed by atoms with E-state index in [-0.39, 0.29) is 11.8 Å². The molecule has 0 N–H and O–H groups in total. The maximum Gasteiger partial charge on any atom is 0.251 e. The van der Waals surface area contributed by atoms with E-state index in [4.69, 9.17) is 0 Å². The van der Waals surface area contributed by atoms with Gasteiger partial charge in [0.25, 0.3) is 5.91 Å². The normalized spacial score (nSPS) is 23.0.